The molecule has 4 heteroatoms. The summed E-state index contributed by atoms with van der Waals surface area (Å²) in [5.74, 6) is 1.08. The smallest absolute Gasteiger partial charge is 0.227 e. The van der Waals surface area contributed by atoms with Crippen LogP contribution in [0.5, 0.6) is 0 Å². The molecule has 0 bridgehead atoms. The van der Waals surface area contributed by atoms with Gasteiger partial charge in [-0.2, -0.15) is 4.57 Å². The van der Waals surface area contributed by atoms with Crippen LogP contribution in [0.1, 0.15) is 116 Å². The molecule has 51 heavy (non-hydrogen) atoms. The van der Waals surface area contributed by atoms with Crippen LogP contribution in [0.15, 0.2) is 95.7 Å². The average Bonchev–Trinajstić information content (AvgIpc) is 3.48. The van der Waals surface area contributed by atoms with Gasteiger partial charge in [-0.3, -0.25) is 0 Å². The van der Waals surface area contributed by atoms with Gasteiger partial charge in [0.05, 0.1) is 11.6 Å². The Morgan fingerprint density at radius 1 is 0.882 bits per heavy atom. The molecule has 2 aliphatic rings. The summed E-state index contributed by atoms with van der Waals surface area (Å²) in [6.45, 7) is 22.5. The van der Waals surface area contributed by atoms with E-state index in [1.807, 2.05) is 0 Å². The van der Waals surface area contributed by atoms with Crippen molar-refractivity contribution in [2.45, 2.75) is 98.4 Å². The van der Waals surface area contributed by atoms with Gasteiger partial charge in [-0.25, -0.2) is 4.98 Å². The third-order valence-electron chi connectivity index (χ3n) is 11.6. The molecule has 6 aromatic rings. The molecule has 0 aliphatic carbocycles. The number of benzene rings is 3. The quantitative estimate of drug-likeness (QED) is 0.190. The lowest BCUT2D eigenvalue weighted by Crippen LogP contribution is -2.48. The maximum atomic E-state index is 6.87. The van der Waals surface area contributed by atoms with Gasteiger partial charge in [0, 0.05) is 63.3 Å². The van der Waals surface area contributed by atoms with Crippen LogP contribution in [-0.4, -0.2) is 4.98 Å². The SMILES string of the molecule is C=C1CC2c3cc(C)ccc3-c3cc(C)c(C)c[n+]3C2CCc2ccc3c(oc4nc(-c5c(C(C)C)cccc5C(C)C)ccc43)c2/C(=C/C)N1. The minimum absolute atomic E-state index is 0.291. The van der Waals surface area contributed by atoms with Crippen molar-refractivity contribution in [2.75, 3.05) is 0 Å². The van der Waals surface area contributed by atoms with Crippen LogP contribution >= 0.6 is 0 Å². The standard InChI is InChI=1S/C47H50N3O/c1-10-40-44-32(15-18-36-37-19-20-41(49-47(37)51-46(36)44)45-33(26(2)3)12-11-13-34(45)27(4)5)16-21-42-39(24-31(9)48-40)38-22-28(6)14-17-35(38)43-23-29(7)30(8)25-50(42)43/h10-15,17-20,22-23,25-27,39,42,48H,9,16,21,24H2,1-8H3/q+1/b40-10-. The Morgan fingerprint density at radius 2 is 1.63 bits per heavy atom. The van der Waals surface area contributed by atoms with E-state index in [1.165, 1.54) is 55.8 Å². The lowest BCUT2D eigenvalue weighted by molar-refractivity contribution is -0.719. The number of rotatable bonds is 3. The summed E-state index contributed by atoms with van der Waals surface area (Å²) < 4.78 is 9.44. The molecule has 4 nitrogen and oxygen atoms in total. The summed E-state index contributed by atoms with van der Waals surface area (Å²) in [7, 11) is 0. The Hall–Kier alpha value is -4.96. The van der Waals surface area contributed by atoms with E-state index < -0.39 is 0 Å². The van der Waals surface area contributed by atoms with Crippen LogP contribution in [0.4, 0.5) is 0 Å². The number of furan rings is 1. The first-order valence-electron chi connectivity index (χ1n) is 18.8. The average molecular weight is 673 g/mol. The molecule has 0 saturated carbocycles. The molecule has 0 radical (unpaired) electrons. The van der Waals surface area contributed by atoms with Crippen LogP contribution in [0.2, 0.25) is 0 Å². The van der Waals surface area contributed by atoms with E-state index in [4.69, 9.17) is 9.40 Å². The van der Waals surface area contributed by atoms with Crippen molar-refractivity contribution in [2.24, 2.45) is 0 Å². The molecule has 0 saturated heterocycles. The van der Waals surface area contributed by atoms with E-state index in [-0.39, 0.29) is 0 Å². The van der Waals surface area contributed by atoms with Gasteiger partial charge in [0.2, 0.25) is 11.4 Å². The normalized spacial score (nSPS) is 18.2. The topological polar surface area (TPSA) is 41.9 Å². The Bertz CT molecular complexity index is 2380. The van der Waals surface area contributed by atoms with E-state index in [1.54, 1.807) is 0 Å². The fourth-order valence-electron chi connectivity index (χ4n) is 8.81. The third kappa shape index (κ3) is 5.51. The van der Waals surface area contributed by atoms with Crippen LogP contribution in [-0.2, 0) is 6.42 Å². The van der Waals surface area contributed by atoms with Crippen molar-refractivity contribution in [1.29, 1.82) is 0 Å². The highest BCUT2D eigenvalue weighted by atomic mass is 16.3. The minimum atomic E-state index is 0.291. The second-order valence-electron chi connectivity index (χ2n) is 15.6. The Morgan fingerprint density at radius 3 is 2.35 bits per heavy atom. The second kappa shape index (κ2) is 12.7. The molecule has 8 rings (SSSR count). The fourth-order valence-corrected chi connectivity index (χ4v) is 8.81. The highest BCUT2D eigenvalue weighted by molar-refractivity contribution is 6.08. The zero-order valence-corrected chi connectivity index (χ0v) is 31.4. The maximum absolute atomic E-state index is 6.87. The number of aryl methyl sites for hydroxylation is 4. The van der Waals surface area contributed by atoms with E-state index in [2.05, 4.69) is 151 Å². The molecule has 0 spiro atoms. The van der Waals surface area contributed by atoms with Gasteiger partial charge in [0.1, 0.15) is 5.58 Å². The number of nitrogens with zero attached hydrogens (tertiary/aromatic N) is 2. The van der Waals surface area contributed by atoms with Crippen molar-refractivity contribution in [3.63, 3.8) is 0 Å². The number of aromatic nitrogens is 2. The summed E-state index contributed by atoms with van der Waals surface area (Å²) in [5.41, 5.74) is 19.0. The molecule has 2 aliphatic heterocycles. The maximum Gasteiger partial charge on any atom is 0.227 e. The fraction of sp³-hybridized carbons (Fsp3) is 0.319. The summed E-state index contributed by atoms with van der Waals surface area (Å²) in [6, 6.07) is 25.3. The number of hydrogen-bond acceptors (Lipinski definition) is 3. The van der Waals surface area contributed by atoms with Gasteiger partial charge in [-0.05, 0) is 92.0 Å². The molecule has 1 N–H and O–H groups in total. The van der Waals surface area contributed by atoms with E-state index in [0.29, 0.717) is 29.5 Å². The number of hydrogen-bond donors (Lipinski definition) is 1. The third-order valence-corrected chi connectivity index (χ3v) is 11.6. The van der Waals surface area contributed by atoms with Gasteiger partial charge >= 0.3 is 0 Å². The van der Waals surface area contributed by atoms with Crippen LogP contribution in [0.3, 0.4) is 0 Å². The van der Waals surface area contributed by atoms with Gasteiger partial charge in [0.25, 0.3) is 0 Å². The Kier molecular flexibility index (Phi) is 8.25. The summed E-state index contributed by atoms with van der Waals surface area (Å²) in [5, 5.41) is 5.95. The van der Waals surface area contributed by atoms with Crippen molar-refractivity contribution in [3.8, 4) is 22.5 Å². The molecule has 2 unspecified atom stereocenters. The molecule has 2 atom stereocenters. The molecule has 5 heterocycles. The summed E-state index contributed by atoms with van der Waals surface area (Å²) >= 11 is 0. The van der Waals surface area contributed by atoms with Gasteiger partial charge in [-0.15, -0.1) is 0 Å². The number of nitrogens with one attached hydrogen (secondary N) is 1. The summed E-state index contributed by atoms with van der Waals surface area (Å²) in [4.78, 5) is 5.25. The Labute approximate surface area is 303 Å². The van der Waals surface area contributed by atoms with Gasteiger partial charge in [-0.1, -0.05) is 88.4 Å². The van der Waals surface area contributed by atoms with Crippen molar-refractivity contribution in [3.05, 3.63) is 136 Å². The minimum Gasteiger partial charge on any atom is -0.437 e. The molecule has 258 valence electrons. The van der Waals surface area contributed by atoms with Crippen LogP contribution in [0.25, 0.3) is 50.3 Å². The Balaban J connectivity index is 1.28. The summed E-state index contributed by atoms with van der Waals surface area (Å²) in [6.07, 6.45) is 7.35. The first kappa shape index (κ1) is 33.2. The van der Waals surface area contributed by atoms with E-state index in [0.717, 1.165) is 58.3 Å². The van der Waals surface area contributed by atoms with Crippen LogP contribution < -0.4 is 9.88 Å². The molecule has 3 aromatic heterocycles. The first-order valence-corrected chi connectivity index (χ1v) is 18.8. The zero-order chi connectivity index (χ0) is 35.7. The predicted molar refractivity (Wildman–Crippen MR) is 212 cm³/mol. The van der Waals surface area contributed by atoms with E-state index in [9.17, 15) is 0 Å². The largest absolute Gasteiger partial charge is 0.437 e. The predicted octanol–water partition coefficient (Wildman–Crippen LogP) is 11.9. The lowest BCUT2D eigenvalue weighted by atomic mass is 9.77. The van der Waals surface area contributed by atoms with Crippen molar-refractivity contribution in [1.82, 2.24) is 10.3 Å². The highest BCUT2D eigenvalue weighted by Crippen LogP contribution is 2.46. The van der Waals surface area contributed by atoms with Gasteiger partial charge < -0.3 is 9.73 Å². The lowest BCUT2D eigenvalue weighted by Gasteiger charge is -2.33. The first-order chi connectivity index (χ1) is 24.5. The zero-order valence-electron chi connectivity index (χ0n) is 31.4. The highest BCUT2D eigenvalue weighted by Gasteiger charge is 2.41. The molecular formula is C47H50N3O+. The van der Waals surface area contributed by atoms with Crippen molar-refractivity contribution >= 4 is 27.8 Å². The monoisotopic (exact) mass is 672 g/mol. The molecule has 0 fully saturated rings. The number of fused-ring (bicyclic) bond motifs is 11. The number of allylic oxidation sites excluding steroid dienone is 2. The molecule has 3 aromatic carbocycles. The van der Waals surface area contributed by atoms with Crippen molar-refractivity contribution < 1.29 is 8.98 Å². The molecular weight excluding hydrogens is 623 g/mol. The van der Waals surface area contributed by atoms with E-state index >= 15 is 0 Å². The number of pyridine rings is 2. The molecule has 0 amide bonds. The second-order valence-corrected chi connectivity index (χ2v) is 15.6. The van der Waals surface area contributed by atoms with Gasteiger partial charge in [0.15, 0.2) is 12.2 Å². The van der Waals surface area contributed by atoms with Crippen LogP contribution in [0, 0.1) is 20.8 Å².